The maximum Gasteiger partial charge on any atom is 0.311 e. The molecule has 4 heteroatoms. The summed E-state index contributed by atoms with van der Waals surface area (Å²) >= 11 is 0. The van der Waals surface area contributed by atoms with Crippen LogP contribution in [-0.4, -0.2) is 30.4 Å². The fourth-order valence-corrected chi connectivity index (χ4v) is 4.03. The summed E-state index contributed by atoms with van der Waals surface area (Å²) in [5.41, 5.74) is 2.74. The van der Waals surface area contributed by atoms with E-state index in [1.165, 1.54) is 0 Å². The Kier molecular flexibility index (Phi) is 4.33. The zero-order valence-corrected chi connectivity index (χ0v) is 14.7. The molecule has 0 aromatic heterocycles. The van der Waals surface area contributed by atoms with Gasteiger partial charge in [0.25, 0.3) is 0 Å². The highest BCUT2D eigenvalue weighted by Crippen LogP contribution is 2.42. The maximum absolute atomic E-state index is 13.2. The summed E-state index contributed by atoms with van der Waals surface area (Å²) in [7, 11) is 0. The zero-order valence-electron chi connectivity index (χ0n) is 14.7. The van der Waals surface area contributed by atoms with Crippen molar-refractivity contribution in [3.8, 4) is 0 Å². The molecule has 132 valence electrons. The number of carbonyl (C=O) groups is 2. The van der Waals surface area contributed by atoms with Crippen LogP contribution < -0.4 is 4.90 Å². The van der Waals surface area contributed by atoms with Gasteiger partial charge in [-0.15, -0.1) is 0 Å². The van der Waals surface area contributed by atoms with Crippen molar-refractivity contribution in [2.75, 3.05) is 11.5 Å². The van der Waals surface area contributed by atoms with Crippen molar-refractivity contribution in [2.24, 2.45) is 5.92 Å². The Morgan fingerprint density at radius 2 is 1.81 bits per heavy atom. The molecule has 0 unspecified atom stereocenters. The normalized spacial score (nSPS) is 23.3. The first-order valence-corrected chi connectivity index (χ1v) is 9.02. The van der Waals surface area contributed by atoms with Crippen molar-refractivity contribution < 1.29 is 14.3 Å². The monoisotopic (exact) mass is 347 g/mol. The van der Waals surface area contributed by atoms with Crippen molar-refractivity contribution in [1.29, 1.82) is 0 Å². The summed E-state index contributed by atoms with van der Waals surface area (Å²) in [6.07, 6.45) is 4.54. The van der Waals surface area contributed by atoms with E-state index in [0.29, 0.717) is 18.6 Å². The molecule has 0 bridgehead atoms. The minimum absolute atomic E-state index is 0.0486. The van der Waals surface area contributed by atoms with Gasteiger partial charge >= 0.3 is 5.97 Å². The van der Waals surface area contributed by atoms with Gasteiger partial charge in [0.2, 0.25) is 0 Å². The van der Waals surface area contributed by atoms with Crippen molar-refractivity contribution in [3.63, 3.8) is 0 Å². The summed E-state index contributed by atoms with van der Waals surface area (Å²) in [6.45, 7) is 2.16. The highest BCUT2D eigenvalue weighted by atomic mass is 16.5. The number of ether oxygens (including phenoxy) is 1. The number of carbonyl (C=O) groups excluding carboxylic acids is 2. The van der Waals surface area contributed by atoms with E-state index >= 15 is 0 Å². The van der Waals surface area contributed by atoms with E-state index in [1.807, 2.05) is 73.7 Å². The van der Waals surface area contributed by atoms with E-state index in [4.69, 9.17) is 4.74 Å². The number of hydrogen-bond acceptors (Lipinski definition) is 4. The summed E-state index contributed by atoms with van der Waals surface area (Å²) < 4.78 is 5.29. The lowest BCUT2D eigenvalue weighted by atomic mass is 9.95. The molecule has 4 nitrogen and oxygen atoms in total. The van der Waals surface area contributed by atoms with E-state index in [1.54, 1.807) is 0 Å². The molecule has 0 N–H and O–H groups in total. The largest absolute Gasteiger partial charge is 0.466 e. The highest BCUT2D eigenvalue weighted by molar-refractivity contribution is 6.03. The smallest absolute Gasteiger partial charge is 0.311 e. The molecule has 2 heterocycles. The first-order chi connectivity index (χ1) is 12.7. The van der Waals surface area contributed by atoms with Gasteiger partial charge in [-0.05, 0) is 25.0 Å². The predicted molar refractivity (Wildman–Crippen MR) is 101 cm³/mol. The van der Waals surface area contributed by atoms with E-state index in [9.17, 15) is 9.59 Å². The SMILES string of the molecule is CCOC(=O)[C@@H]1C[C@H](C(=O)c2ccccc2)N2c3ccccc3C=C[C@@H]12. The van der Waals surface area contributed by atoms with Crippen LogP contribution in [-0.2, 0) is 9.53 Å². The van der Waals surface area contributed by atoms with Crippen molar-refractivity contribution in [3.05, 3.63) is 71.8 Å². The van der Waals surface area contributed by atoms with Gasteiger partial charge in [0.1, 0.15) is 0 Å². The second-order valence-corrected chi connectivity index (χ2v) is 6.66. The molecule has 0 saturated carbocycles. The van der Waals surface area contributed by atoms with Gasteiger partial charge in [-0.2, -0.15) is 0 Å². The third kappa shape index (κ3) is 2.71. The number of benzene rings is 2. The molecule has 4 rings (SSSR count). The van der Waals surface area contributed by atoms with Crippen LogP contribution in [0, 0.1) is 5.92 Å². The lowest BCUT2D eigenvalue weighted by molar-refractivity contribution is -0.147. The molecule has 0 spiro atoms. The average molecular weight is 347 g/mol. The molecular weight excluding hydrogens is 326 g/mol. The first-order valence-electron chi connectivity index (χ1n) is 9.02. The molecule has 3 atom stereocenters. The molecule has 2 aliphatic rings. The third-order valence-corrected chi connectivity index (χ3v) is 5.18. The van der Waals surface area contributed by atoms with Crippen LogP contribution in [0.4, 0.5) is 5.69 Å². The van der Waals surface area contributed by atoms with Crippen molar-refractivity contribution in [1.82, 2.24) is 0 Å². The van der Waals surface area contributed by atoms with Crippen LogP contribution in [0.5, 0.6) is 0 Å². The van der Waals surface area contributed by atoms with Crippen LogP contribution in [0.1, 0.15) is 29.3 Å². The number of ketones is 1. The van der Waals surface area contributed by atoms with Crippen LogP contribution in [0.3, 0.4) is 0 Å². The van der Waals surface area contributed by atoms with Gasteiger partial charge in [0.15, 0.2) is 5.78 Å². The summed E-state index contributed by atoms with van der Waals surface area (Å²) in [6, 6.07) is 16.8. The minimum atomic E-state index is -0.372. The molecule has 0 amide bonds. The standard InChI is InChI=1S/C22H21NO3/c1-2-26-22(25)17-14-20(21(24)16-9-4-3-5-10-16)23-18-11-7-6-8-15(18)12-13-19(17)23/h3-13,17,19-20H,2,14H2,1H3/t17-,19+,20-/m1/s1. The fourth-order valence-electron chi connectivity index (χ4n) is 4.03. The number of para-hydroxylation sites is 1. The minimum Gasteiger partial charge on any atom is -0.466 e. The Bertz CT molecular complexity index is 859. The molecule has 1 fully saturated rings. The Hall–Kier alpha value is -2.88. The summed E-state index contributed by atoms with van der Waals surface area (Å²) in [5, 5.41) is 0. The summed E-state index contributed by atoms with van der Waals surface area (Å²) in [5.74, 6) is -0.514. The molecule has 0 aliphatic carbocycles. The summed E-state index contributed by atoms with van der Waals surface area (Å²) in [4.78, 5) is 27.8. The van der Waals surface area contributed by atoms with E-state index in [-0.39, 0.29) is 29.8 Å². The Morgan fingerprint density at radius 3 is 2.58 bits per heavy atom. The van der Waals surface area contributed by atoms with Gasteiger partial charge in [-0.3, -0.25) is 9.59 Å². The number of nitrogens with zero attached hydrogens (tertiary/aromatic N) is 1. The van der Waals surface area contributed by atoms with Gasteiger partial charge < -0.3 is 9.64 Å². The fraction of sp³-hybridized carbons (Fsp3) is 0.273. The van der Waals surface area contributed by atoms with Gasteiger partial charge in [-0.25, -0.2) is 0 Å². The molecule has 1 saturated heterocycles. The molecule has 2 aromatic rings. The Balaban J connectivity index is 1.75. The van der Waals surface area contributed by atoms with E-state index in [0.717, 1.165) is 11.3 Å². The number of fused-ring (bicyclic) bond motifs is 3. The highest BCUT2D eigenvalue weighted by Gasteiger charge is 2.48. The molecule has 2 aromatic carbocycles. The van der Waals surface area contributed by atoms with Crippen LogP contribution >= 0.6 is 0 Å². The van der Waals surface area contributed by atoms with E-state index < -0.39 is 0 Å². The first kappa shape index (κ1) is 16.6. The topological polar surface area (TPSA) is 46.6 Å². The quantitative estimate of drug-likeness (QED) is 0.625. The lowest BCUT2D eigenvalue weighted by Crippen LogP contribution is -2.43. The Morgan fingerprint density at radius 1 is 1.08 bits per heavy atom. The molecule has 26 heavy (non-hydrogen) atoms. The molecule has 2 aliphatic heterocycles. The van der Waals surface area contributed by atoms with E-state index in [2.05, 4.69) is 4.90 Å². The average Bonchev–Trinajstić information content (AvgIpc) is 3.08. The number of rotatable bonds is 4. The lowest BCUT2D eigenvalue weighted by Gasteiger charge is -2.35. The van der Waals surface area contributed by atoms with Gasteiger partial charge in [0, 0.05) is 11.3 Å². The molecular formula is C22H21NO3. The maximum atomic E-state index is 13.2. The third-order valence-electron chi connectivity index (χ3n) is 5.18. The van der Waals surface area contributed by atoms with Gasteiger partial charge in [0.05, 0.1) is 24.6 Å². The Labute approximate surface area is 153 Å². The second-order valence-electron chi connectivity index (χ2n) is 6.66. The predicted octanol–water partition coefficient (Wildman–Crippen LogP) is 3.72. The number of Topliss-reactive ketones (excluding diaryl/α,β-unsaturated/α-hetero) is 1. The second kappa shape index (κ2) is 6.79. The number of hydrogen-bond donors (Lipinski definition) is 0. The number of anilines is 1. The van der Waals surface area contributed by atoms with Crippen LogP contribution in [0.15, 0.2) is 60.7 Å². The number of esters is 1. The van der Waals surface area contributed by atoms with Gasteiger partial charge in [-0.1, -0.05) is 60.7 Å². The zero-order chi connectivity index (χ0) is 18.1. The van der Waals surface area contributed by atoms with Crippen molar-refractivity contribution >= 4 is 23.5 Å². The van der Waals surface area contributed by atoms with Crippen LogP contribution in [0.25, 0.3) is 6.08 Å². The van der Waals surface area contributed by atoms with Crippen LogP contribution in [0.2, 0.25) is 0 Å². The van der Waals surface area contributed by atoms with Crippen molar-refractivity contribution in [2.45, 2.75) is 25.4 Å². The molecule has 0 radical (unpaired) electrons.